The van der Waals surface area contributed by atoms with E-state index in [4.69, 9.17) is 4.74 Å². The van der Waals surface area contributed by atoms with Crippen molar-refractivity contribution in [3.8, 4) is 0 Å². The van der Waals surface area contributed by atoms with Gasteiger partial charge in [0.15, 0.2) is 0 Å². The van der Waals surface area contributed by atoms with Gasteiger partial charge in [-0.1, -0.05) is 30.3 Å². The van der Waals surface area contributed by atoms with Gasteiger partial charge in [0.2, 0.25) is 0 Å². The van der Waals surface area contributed by atoms with Crippen molar-refractivity contribution in [3.63, 3.8) is 0 Å². The van der Waals surface area contributed by atoms with E-state index in [2.05, 4.69) is 26.6 Å². The lowest BCUT2D eigenvalue weighted by Crippen LogP contribution is -2.40. The number of thiophene rings is 1. The molecule has 2 aromatic rings. The maximum absolute atomic E-state index is 12.4. The first-order valence-corrected chi connectivity index (χ1v) is 9.48. The highest BCUT2D eigenvalue weighted by atomic mass is 79.9. The first-order chi connectivity index (χ1) is 11.7. The highest BCUT2D eigenvalue weighted by Gasteiger charge is 2.20. The lowest BCUT2D eigenvalue weighted by molar-refractivity contribution is 0.0520. The van der Waals surface area contributed by atoms with Crippen LogP contribution in [0.4, 0.5) is 4.79 Å². The van der Waals surface area contributed by atoms with Gasteiger partial charge in [-0.05, 0) is 48.3 Å². The Morgan fingerprint density at radius 3 is 2.48 bits per heavy atom. The molecule has 0 fully saturated rings. The molecule has 0 aliphatic rings. The number of hydrogen-bond donors (Lipinski definition) is 2. The molecule has 2 N–H and O–H groups in total. The molecule has 0 radical (unpaired) electrons. The lowest BCUT2D eigenvalue weighted by atomic mass is 10.1. The number of nitrogens with one attached hydrogen (secondary N) is 2. The Kier molecular flexibility index (Phi) is 6.61. The average molecular weight is 425 g/mol. The fourth-order valence-electron chi connectivity index (χ4n) is 2.11. The fourth-order valence-corrected chi connectivity index (χ4v) is 3.24. The average Bonchev–Trinajstić information content (AvgIpc) is 2.97. The van der Waals surface area contributed by atoms with Crippen LogP contribution in [0.5, 0.6) is 0 Å². The summed E-state index contributed by atoms with van der Waals surface area (Å²) in [5.74, 6) is -0.193. The topological polar surface area (TPSA) is 67.4 Å². The van der Waals surface area contributed by atoms with Crippen molar-refractivity contribution < 1.29 is 14.3 Å². The number of hydrogen-bond acceptors (Lipinski definition) is 4. The van der Waals surface area contributed by atoms with Gasteiger partial charge in [0, 0.05) is 11.9 Å². The van der Waals surface area contributed by atoms with Crippen molar-refractivity contribution in [2.75, 3.05) is 6.54 Å². The molecule has 1 aromatic heterocycles. The molecule has 134 valence electrons. The van der Waals surface area contributed by atoms with Crippen LogP contribution in [0.1, 0.15) is 42.7 Å². The Labute approximate surface area is 159 Å². The highest BCUT2D eigenvalue weighted by molar-refractivity contribution is 9.11. The molecule has 2 amide bonds. The second-order valence-corrected chi connectivity index (χ2v) is 8.75. The van der Waals surface area contributed by atoms with E-state index in [0.717, 1.165) is 9.35 Å². The zero-order chi connectivity index (χ0) is 18.4. The summed E-state index contributed by atoms with van der Waals surface area (Å²) in [7, 11) is 0. The molecule has 0 bridgehead atoms. The second-order valence-electron chi connectivity index (χ2n) is 6.46. The summed E-state index contributed by atoms with van der Waals surface area (Å²) in [6.07, 6.45) is -0.513. The Balaban J connectivity index is 2.06. The van der Waals surface area contributed by atoms with Gasteiger partial charge < -0.3 is 15.4 Å². The molecule has 0 spiro atoms. The van der Waals surface area contributed by atoms with Gasteiger partial charge in [-0.3, -0.25) is 4.79 Å². The number of alkyl carbamates (subject to hydrolysis) is 1. The molecule has 7 heteroatoms. The predicted octanol–water partition coefficient (Wildman–Crippen LogP) is 4.51. The van der Waals surface area contributed by atoms with Crippen LogP contribution >= 0.6 is 27.3 Å². The highest BCUT2D eigenvalue weighted by Crippen LogP contribution is 2.21. The summed E-state index contributed by atoms with van der Waals surface area (Å²) in [6.45, 7) is 5.64. The maximum Gasteiger partial charge on any atom is 0.407 e. The molecule has 1 atom stereocenters. The molecule has 1 heterocycles. The number of carbonyl (C=O) groups is 2. The molecule has 0 aliphatic heterocycles. The third-order valence-electron chi connectivity index (χ3n) is 3.19. The number of rotatable bonds is 5. The smallest absolute Gasteiger partial charge is 0.407 e. The van der Waals surface area contributed by atoms with Crippen molar-refractivity contribution in [3.05, 3.63) is 56.7 Å². The number of halogens is 1. The van der Waals surface area contributed by atoms with Crippen LogP contribution in [0, 0.1) is 0 Å². The van der Waals surface area contributed by atoms with Crippen LogP contribution in [0.2, 0.25) is 0 Å². The van der Waals surface area contributed by atoms with Gasteiger partial charge in [0.25, 0.3) is 5.91 Å². The van der Waals surface area contributed by atoms with Crippen LogP contribution in [-0.2, 0) is 4.74 Å². The van der Waals surface area contributed by atoms with Gasteiger partial charge in [-0.25, -0.2) is 4.79 Å². The van der Waals surface area contributed by atoms with Gasteiger partial charge >= 0.3 is 6.09 Å². The summed E-state index contributed by atoms with van der Waals surface area (Å²) < 4.78 is 6.14. The van der Waals surface area contributed by atoms with E-state index in [9.17, 15) is 9.59 Å². The summed E-state index contributed by atoms with van der Waals surface area (Å²) in [5, 5.41) is 7.46. The monoisotopic (exact) mass is 424 g/mol. The maximum atomic E-state index is 12.4. The van der Waals surface area contributed by atoms with Crippen molar-refractivity contribution in [1.82, 2.24) is 10.6 Å². The van der Waals surface area contributed by atoms with E-state index < -0.39 is 11.7 Å². The molecule has 0 saturated heterocycles. The van der Waals surface area contributed by atoms with E-state index in [1.165, 1.54) is 11.3 Å². The molecule has 0 aliphatic carbocycles. The van der Waals surface area contributed by atoms with Gasteiger partial charge in [-0.2, -0.15) is 0 Å². The Morgan fingerprint density at radius 1 is 1.24 bits per heavy atom. The number of ether oxygens (including phenoxy) is 1. The molecule has 1 unspecified atom stereocenters. The Morgan fingerprint density at radius 2 is 1.92 bits per heavy atom. The predicted molar refractivity (Wildman–Crippen MR) is 103 cm³/mol. The molecule has 5 nitrogen and oxygen atoms in total. The van der Waals surface area contributed by atoms with Crippen molar-refractivity contribution in [2.24, 2.45) is 0 Å². The molecular formula is C18H21BrN2O3S. The van der Waals surface area contributed by atoms with E-state index >= 15 is 0 Å². The normalized spacial score (nSPS) is 12.3. The van der Waals surface area contributed by atoms with Crippen molar-refractivity contribution in [2.45, 2.75) is 32.4 Å². The summed E-state index contributed by atoms with van der Waals surface area (Å²) >= 11 is 4.80. The number of carbonyl (C=O) groups excluding carboxylic acids is 2. The molecule has 25 heavy (non-hydrogen) atoms. The third-order valence-corrected chi connectivity index (χ3v) is 4.69. The molecule has 0 saturated carbocycles. The first kappa shape index (κ1) is 19.5. The van der Waals surface area contributed by atoms with E-state index in [1.807, 2.05) is 30.3 Å². The molecule has 1 aromatic carbocycles. The van der Waals surface area contributed by atoms with E-state index in [0.29, 0.717) is 5.56 Å². The SMILES string of the molecule is CC(C)(C)OC(=O)NCC(NC(=O)c1csc(Br)c1)c1ccccc1. The minimum Gasteiger partial charge on any atom is -0.444 e. The van der Waals surface area contributed by atoms with Crippen LogP contribution in [0.15, 0.2) is 45.6 Å². The van der Waals surface area contributed by atoms with E-state index in [-0.39, 0.29) is 18.5 Å². The fraction of sp³-hybridized carbons (Fsp3) is 0.333. The van der Waals surface area contributed by atoms with Gasteiger partial charge in [-0.15, -0.1) is 11.3 Å². The quantitative estimate of drug-likeness (QED) is 0.741. The molecular weight excluding hydrogens is 404 g/mol. The first-order valence-electron chi connectivity index (χ1n) is 7.81. The van der Waals surface area contributed by atoms with Crippen LogP contribution < -0.4 is 10.6 Å². The lowest BCUT2D eigenvalue weighted by Gasteiger charge is -2.23. The van der Waals surface area contributed by atoms with Gasteiger partial charge in [0.05, 0.1) is 15.4 Å². The third kappa shape index (κ3) is 6.51. The molecule has 2 rings (SSSR count). The zero-order valence-electron chi connectivity index (χ0n) is 14.3. The standard InChI is InChI=1S/C18H21BrN2O3S/c1-18(2,3)24-17(23)20-10-14(12-7-5-4-6-8-12)21-16(22)13-9-15(19)25-11-13/h4-9,11,14H,10H2,1-3H3,(H,20,23)(H,21,22). The van der Waals surface area contributed by atoms with E-state index in [1.54, 1.807) is 32.2 Å². The van der Waals surface area contributed by atoms with Crippen LogP contribution in [0.3, 0.4) is 0 Å². The minimum atomic E-state index is -0.571. The minimum absolute atomic E-state index is 0.193. The number of amides is 2. The van der Waals surface area contributed by atoms with Crippen molar-refractivity contribution in [1.29, 1.82) is 0 Å². The Bertz CT molecular complexity index is 725. The second kappa shape index (κ2) is 8.49. The zero-order valence-corrected chi connectivity index (χ0v) is 16.7. The summed E-state index contributed by atoms with van der Waals surface area (Å²) in [5.41, 5.74) is 0.912. The largest absolute Gasteiger partial charge is 0.444 e. The van der Waals surface area contributed by atoms with Crippen LogP contribution in [0.25, 0.3) is 0 Å². The summed E-state index contributed by atoms with van der Waals surface area (Å²) in [4.78, 5) is 24.3. The number of benzene rings is 1. The summed E-state index contributed by atoms with van der Waals surface area (Å²) in [6, 6.07) is 10.9. The van der Waals surface area contributed by atoms with Crippen LogP contribution in [-0.4, -0.2) is 24.1 Å². The Hall–Kier alpha value is -1.86. The van der Waals surface area contributed by atoms with Gasteiger partial charge in [0.1, 0.15) is 5.60 Å². The van der Waals surface area contributed by atoms with Crippen molar-refractivity contribution >= 4 is 39.3 Å².